The molecule has 152 valence electrons. The zero-order chi connectivity index (χ0) is 21.0. The predicted molar refractivity (Wildman–Crippen MR) is 116 cm³/mol. The van der Waals surface area contributed by atoms with Crippen LogP contribution in [0, 0.1) is 6.92 Å². The first kappa shape index (κ1) is 20.5. The molecule has 0 bridgehead atoms. The Morgan fingerprint density at radius 1 is 1.14 bits per heavy atom. The molecule has 0 spiro atoms. The number of carboxylic acids is 1. The van der Waals surface area contributed by atoms with E-state index < -0.39 is 5.97 Å². The minimum atomic E-state index is -0.780. The summed E-state index contributed by atoms with van der Waals surface area (Å²) >= 11 is 0. The molecular weight excluding hydrogens is 366 g/mol. The quantitative estimate of drug-likeness (QED) is 0.588. The van der Waals surface area contributed by atoms with Crippen LogP contribution in [0.15, 0.2) is 42.5 Å². The number of methoxy groups -OCH3 is 1. The van der Waals surface area contributed by atoms with E-state index in [1.807, 2.05) is 39.2 Å². The molecule has 1 aromatic heterocycles. The smallest absolute Gasteiger partial charge is 0.303 e. The van der Waals surface area contributed by atoms with Crippen LogP contribution in [0.5, 0.6) is 5.75 Å². The van der Waals surface area contributed by atoms with Gasteiger partial charge in [-0.05, 0) is 43.5 Å². The Morgan fingerprint density at radius 2 is 1.83 bits per heavy atom. The summed E-state index contributed by atoms with van der Waals surface area (Å²) in [7, 11) is 5.67. The topological polar surface area (TPSA) is 78.5 Å². The van der Waals surface area contributed by atoms with Gasteiger partial charge >= 0.3 is 5.97 Å². The lowest BCUT2D eigenvalue weighted by atomic mass is 10.0. The minimum Gasteiger partial charge on any atom is -0.496 e. The first-order valence-electron chi connectivity index (χ1n) is 9.62. The number of hydrogen-bond donors (Lipinski definition) is 2. The summed E-state index contributed by atoms with van der Waals surface area (Å²) in [6, 6.07) is 14.3. The largest absolute Gasteiger partial charge is 0.496 e. The van der Waals surface area contributed by atoms with Crippen molar-refractivity contribution in [3.63, 3.8) is 0 Å². The maximum absolute atomic E-state index is 10.7. The number of nitrogens with zero attached hydrogens (tertiary/aromatic N) is 2. The van der Waals surface area contributed by atoms with Crippen molar-refractivity contribution in [1.82, 2.24) is 9.97 Å². The van der Waals surface area contributed by atoms with Gasteiger partial charge in [-0.3, -0.25) is 4.79 Å². The van der Waals surface area contributed by atoms with Gasteiger partial charge in [-0.2, -0.15) is 0 Å². The molecule has 0 atom stereocenters. The molecule has 6 heteroatoms. The van der Waals surface area contributed by atoms with Crippen molar-refractivity contribution in [2.75, 3.05) is 26.1 Å². The molecule has 2 N–H and O–H groups in total. The lowest BCUT2D eigenvalue weighted by Crippen LogP contribution is -2.07. The van der Waals surface area contributed by atoms with Crippen molar-refractivity contribution >= 4 is 11.7 Å². The van der Waals surface area contributed by atoms with Gasteiger partial charge in [0, 0.05) is 43.0 Å². The summed E-state index contributed by atoms with van der Waals surface area (Å²) in [4.78, 5) is 21.0. The summed E-state index contributed by atoms with van der Waals surface area (Å²) in [5.41, 5.74) is 6.07. The van der Waals surface area contributed by atoms with Crippen molar-refractivity contribution in [3.8, 4) is 28.4 Å². The molecule has 0 saturated carbocycles. The number of carboxylic acid groups (broad SMARTS) is 1. The van der Waals surface area contributed by atoms with Crippen molar-refractivity contribution in [3.05, 3.63) is 53.7 Å². The molecule has 0 aliphatic rings. The number of hydrogen-bond acceptors (Lipinski definition) is 4. The van der Waals surface area contributed by atoms with Crippen LogP contribution in [0.4, 0.5) is 5.69 Å². The molecule has 3 rings (SSSR count). The van der Waals surface area contributed by atoms with Gasteiger partial charge in [0.05, 0.1) is 12.8 Å². The van der Waals surface area contributed by atoms with Gasteiger partial charge < -0.3 is 19.7 Å². The van der Waals surface area contributed by atoms with Crippen LogP contribution in [-0.2, 0) is 11.2 Å². The summed E-state index contributed by atoms with van der Waals surface area (Å²) in [5.74, 6) is 0.751. The summed E-state index contributed by atoms with van der Waals surface area (Å²) in [6.07, 6.45) is 1.40. The molecule has 1 heterocycles. The number of anilines is 1. The molecule has 29 heavy (non-hydrogen) atoms. The molecule has 3 aromatic rings. The predicted octanol–water partition coefficient (Wildman–Crippen LogP) is 4.53. The standard InChI is InChI=1S/C23H27N3O3/c1-15-22(17-10-12-19(13-11-17)26(2)3)25-23(24-15)18-9-8-16(20(14-18)29-4)6-5-7-21(27)28/h8-14H,5-7H2,1-4H3,(H,24,25)(H,27,28). The van der Waals surface area contributed by atoms with E-state index in [0.717, 1.165) is 45.3 Å². The van der Waals surface area contributed by atoms with Gasteiger partial charge in [0.25, 0.3) is 0 Å². The maximum Gasteiger partial charge on any atom is 0.303 e. The highest BCUT2D eigenvalue weighted by molar-refractivity contribution is 5.70. The second kappa shape index (κ2) is 8.82. The molecule has 0 amide bonds. The second-order valence-corrected chi connectivity index (χ2v) is 7.27. The number of aliphatic carboxylic acids is 1. The third-order valence-corrected chi connectivity index (χ3v) is 4.94. The van der Waals surface area contributed by atoms with Crippen LogP contribution in [-0.4, -0.2) is 42.2 Å². The van der Waals surface area contributed by atoms with E-state index in [1.54, 1.807) is 7.11 Å². The molecule has 0 saturated heterocycles. The van der Waals surface area contributed by atoms with Gasteiger partial charge in [0.15, 0.2) is 0 Å². The monoisotopic (exact) mass is 393 g/mol. The first-order valence-corrected chi connectivity index (χ1v) is 9.62. The van der Waals surface area contributed by atoms with E-state index in [-0.39, 0.29) is 6.42 Å². The van der Waals surface area contributed by atoms with Crippen LogP contribution >= 0.6 is 0 Å². The van der Waals surface area contributed by atoms with Crippen LogP contribution in [0.25, 0.3) is 22.6 Å². The van der Waals surface area contributed by atoms with E-state index in [4.69, 9.17) is 14.8 Å². The Morgan fingerprint density at radius 3 is 2.45 bits per heavy atom. The van der Waals surface area contributed by atoms with Crippen LogP contribution in [0.1, 0.15) is 24.1 Å². The average molecular weight is 393 g/mol. The SMILES string of the molecule is COc1cc(-c2nc(-c3ccc(N(C)C)cc3)c(C)[nH]2)ccc1CCCC(=O)O. The lowest BCUT2D eigenvalue weighted by Gasteiger charge is -2.12. The highest BCUT2D eigenvalue weighted by atomic mass is 16.5. The molecule has 0 aliphatic carbocycles. The van der Waals surface area contributed by atoms with Crippen LogP contribution in [0.3, 0.4) is 0 Å². The number of carbonyl (C=O) groups is 1. The number of ether oxygens (including phenoxy) is 1. The van der Waals surface area contributed by atoms with E-state index in [2.05, 4.69) is 34.1 Å². The van der Waals surface area contributed by atoms with Gasteiger partial charge in [-0.25, -0.2) is 4.98 Å². The summed E-state index contributed by atoms with van der Waals surface area (Å²) < 4.78 is 5.53. The number of aromatic amines is 1. The first-order chi connectivity index (χ1) is 13.9. The molecule has 0 aliphatic heterocycles. The van der Waals surface area contributed by atoms with E-state index in [0.29, 0.717) is 12.8 Å². The van der Waals surface area contributed by atoms with Crippen LogP contribution < -0.4 is 9.64 Å². The molecule has 0 fully saturated rings. The highest BCUT2D eigenvalue weighted by Gasteiger charge is 2.13. The van der Waals surface area contributed by atoms with Gasteiger partial charge in [-0.1, -0.05) is 24.3 Å². The summed E-state index contributed by atoms with van der Waals surface area (Å²) in [5, 5.41) is 8.83. The Balaban J connectivity index is 1.85. The van der Waals surface area contributed by atoms with Gasteiger partial charge in [-0.15, -0.1) is 0 Å². The Kier molecular flexibility index (Phi) is 6.22. The number of nitrogens with one attached hydrogen (secondary N) is 1. The average Bonchev–Trinajstić information content (AvgIpc) is 3.09. The molecule has 0 radical (unpaired) electrons. The number of aryl methyl sites for hydroxylation is 2. The molecule has 6 nitrogen and oxygen atoms in total. The van der Waals surface area contributed by atoms with Gasteiger partial charge in [0.1, 0.15) is 11.6 Å². The van der Waals surface area contributed by atoms with Crippen LogP contribution in [0.2, 0.25) is 0 Å². The number of imidazole rings is 1. The number of H-pyrrole nitrogens is 1. The zero-order valence-corrected chi connectivity index (χ0v) is 17.3. The minimum absolute atomic E-state index is 0.151. The number of rotatable bonds is 8. The normalized spacial score (nSPS) is 10.8. The van der Waals surface area contributed by atoms with Crippen molar-refractivity contribution in [1.29, 1.82) is 0 Å². The third-order valence-electron chi connectivity index (χ3n) is 4.94. The van der Waals surface area contributed by atoms with Gasteiger partial charge in [0.2, 0.25) is 0 Å². The highest BCUT2D eigenvalue weighted by Crippen LogP contribution is 2.30. The van der Waals surface area contributed by atoms with E-state index in [9.17, 15) is 4.79 Å². The van der Waals surface area contributed by atoms with Crippen molar-refractivity contribution in [2.45, 2.75) is 26.2 Å². The van der Waals surface area contributed by atoms with Crippen molar-refractivity contribution in [2.24, 2.45) is 0 Å². The molecular formula is C23H27N3O3. The van der Waals surface area contributed by atoms with E-state index >= 15 is 0 Å². The van der Waals surface area contributed by atoms with E-state index in [1.165, 1.54) is 0 Å². The fourth-order valence-electron chi connectivity index (χ4n) is 3.32. The maximum atomic E-state index is 10.7. The lowest BCUT2D eigenvalue weighted by molar-refractivity contribution is -0.137. The number of benzene rings is 2. The summed E-state index contributed by atoms with van der Waals surface area (Å²) in [6.45, 7) is 2.02. The fourth-order valence-corrected chi connectivity index (χ4v) is 3.32. The Hall–Kier alpha value is -3.28. The second-order valence-electron chi connectivity index (χ2n) is 7.27. The number of aromatic nitrogens is 2. The third kappa shape index (κ3) is 4.77. The fraction of sp³-hybridized carbons (Fsp3) is 0.304. The molecule has 0 unspecified atom stereocenters. The molecule has 2 aromatic carbocycles. The Bertz CT molecular complexity index is 991. The van der Waals surface area contributed by atoms with Crippen molar-refractivity contribution < 1.29 is 14.6 Å². The zero-order valence-electron chi connectivity index (χ0n) is 17.3. The Labute approximate surface area is 171 Å².